The van der Waals surface area contributed by atoms with E-state index in [1.54, 1.807) is 11.3 Å². The fourth-order valence-electron chi connectivity index (χ4n) is 1.73. The van der Waals surface area contributed by atoms with Gasteiger partial charge >= 0.3 is 0 Å². The van der Waals surface area contributed by atoms with Crippen LogP contribution in [0.1, 0.15) is 31.1 Å². The SMILES string of the molecule is CCCNc1ncc(CSC2CCOCC2)s1. The van der Waals surface area contributed by atoms with Crippen LogP contribution in [0.15, 0.2) is 6.20 Å². The minimum atomic E-state index is 0.776. The molecule has 0 aliphatic carbocycles. The summed E-state index contributed by atoms with van der Waals surface area (Å²) in [5.41, 5.74) is 0. The van der Waals surface area contributed by atoms with Crippen molar-refractivity contribution in [1.82, 2.24) is 4.98 Å². The van der Waals surface area contributed by atoms with Crippen LogP contribution in [0.5, 0.6) is 0 Å². The number of thiazole rings is 1. The zero-order chi connectivity index (χ0) is 11.9. The highest BCUT2D eigenvalue weighted by atomic mass is 32.2. The molecule has 5 heteroatoms. The van der Waals surface area contributed by atoms with E-state index < -0.39 is 0 Å². The quantitative estimate of drug-likeness (QED) is 0.861. The molecule has 0 atom stereocenters. The molecule has 1 aliphatic rings. The summed E-state index contributed by atoms with van der Waals surface area (Å²) in [6, 6.07) is 0. The van der Waals surface area contributed by atoms with Crippen molar-refractivity contribution in [2.45, 2.75) is 37.2 Å². The maximum Gasteiger partial charge on any atom is 0.182 e. The van der Waals surface area contributed by atoms with Gasteiger partial charge in [-0.05, 0) is 19.3 Å². The Bertz CT molecular complexity index is 324. The Morgan fingerprint density at radius 3 is 3.12 bits per heavy atom. The summed E-state index contributed by atoms with van der Waals surface area (Å²) in [5.74, 6) is 1.09. The molecule has 1 fully saturated rings. The lowest BCUT2D eigenvalue weighted by atomic mass is 10.2. The van der Waals surface area contributed by atoms with Gasteiger partial charge in [0.05, 0.1) is 0 Å². The molecule has 1 aromatic rings. The van der Waals surface area contributed by atoms with Gasteiger partial charge in [0.2, 0.25) is 0 Å². The van der Waals surface area contributed by atoms with Crippen LogP contribution in [0, 0.1) is 0 Å². The van der Waals surface area contributed by atoms with Gasteiger partial charge in [0.25, 0.3) is 0 Å². The van der Waals surface area contributed by atoms with Crippen LogP contribution in [-0.2, 0) is 10.5 Å². The highest BCUT2D eigenvalue weighted by Crippen LogP contribution is 2.28. The van der Waals surface area contributed by atoms with E-state index >= 15 is 0 Å². The molecule has 3 nitrogen and oxygen atoms in total. The van der Waals surface area contributed by atoms with Crippen molar-refractivity contribution in [2.24, 2.45) is 0 Å². The van der Waals surface area contributed by atoms with Crippen LogP contribution in [0.25, 0.3) is 0 Å². The van der Waals surface area contributed by atoms with Crippen LogP contribution in [0.4, 0.5) is 5.13 Å². The molecular formula is C12H20N2OS2. The first kappa shape index (κ1) is 13.2. The lowest BCUT2D eigenvalue weighted by Crippen LogP contribution is -2.17. The third kappa shape index (κ3) is 4.48. The number of nitrogens with one attached hydrogen (secondary N) is 1. The van der Waals surface area contributed by atoms with Crippen molar-refractivity contribution in [3.05, 3.63) is 11.1 Å². The van der Waals surface area contributed by atoms with Gasteiger partial charge in [-0.3, -0.25) is 0 Å². The van der Waals surface area contributed by atoms with Gasteiger partial charge < -0.3 is 10.1 Å². The molecule has 2 heterocycles. The standard InChI is InChI=1S/C12H20N2OS2/c1-2-5-13-12-14-8-11(17-12)9-16-10-3-6-15-7-4-10/h8,10H,2-7,9H2,1H3,(H,13,14). The van der Waals surface area contributed by atoms with Crippen LogP contribution >= 0.6 is 23.1 Å². The number of nitrogens with zero attached hydrogens (tertiary/aromatic N) is 1. The van der Waals surface area contributed by atoms with Crippen molar-refractivity contribution in [2.75, 3.05) is 25.1 Å². The Labute approximate surface area is 111 Å². The Morgan fingerprint density at radius 2 is 2.35 bits per heavy atom. The molecule has 1 saturated heterocycles. The summed E-state index contributed by atoms with van der Waals surface area (Å²) in [6.07, 6.45) is 5.55. The van der Waals surface area contributed by atoms with Gasteiger partial charge in [-0.25, -0.2) is 4.98 Å². The fraction of sp³-hybridized carbons (Fsp3) is 0.750. The fourth-order valence-corrected chi connectivity index (χ4v) is 3.80. The molecule has 0 unspecified atom stereocenters. The largest absolute Gasteiger partial charge is 0.381 e. The van der Waals surface area contributed by atoms with Gasteiger partial charge in [-0.2, -0.15) is 11.8 Å². The third-order valence-corrected chi connectivity index (χ3v) is 5.27. The van der Waals surface area contributed by atoms with Crippen LogP contribution < -0.4 is 5.32 Å². The van der Waals surface area contributed by atoms with E-state index in [1.807, 2.05) is 6.20 Å². The molecule has 0 bridgehead atoms. The lowest BCUT2D eigenvalue weighted by molar-refractivity contribution is 0.1000. The Morgan fingerprint density at radius 1 is 1.53 bits per heavy atom. The molecule has 0 amide bonds. The number of anilines is 1. The van der Waals surface area contributed by atoms with E-state index in [4.69, 9.17) is 4.74 Å². The topological polar surface area (TPSA) is 34.2 Å². The Kier molecular flexibility index (Phi) is 5.61. The Balaban J connectivity index is 1.72. The Hall–Kier alpha value is -0.260. The maximum absolute atomic E-state index is 5.37. The third-order valence-electron chi connectivity index (χ3n) is 2.71. The molecule has 0 spiro atoms. The summed E-state index contributed by atoms with van der Waals surface area (Å²) in [7, 11) is 0. The highest BCUT2D eigenvalue weighted by Gasteiger charge is 2.14. The first-order valence-corrected chi connectivity index (χ1v) is 8.13. The molecule has 0 aromatic carbocycles. The molecular weight excluding hydrogens is 252 g/mol. The van der Waals surface area contributed by atoms with E-state index in [0.29, 0.717) is 0 Å². The highest BCUT2D eigenvalue weighted by molar-refractivity contribution is 7.99. The second-order valence-electron chi connectivity index (χ2n) is 4.18. The molecule has 2 rings (SSSR count). The minimum Gasteiger partial charge on any atom is -0.381 e. The maximum atomic E-state index is 5.37. The van der Waals surface area contributed by atoms with Gasteiger partial charge in [-0.1, -0.05) is 6.92 Å². The van der Waals surface area contributed by atoms with E-state index in [0.717, 1.165) is 42.3 Å². The van der Waals surface area contributed by atoms with E-state index in [9.17, 15) is 0 Å². The molecule has 1 aromatic heterocycles. The average molecular weight is 272 g/mol. The number of thioether (sulfide) groups is 1. The monoisotopic (exact) mass is 272 g/mol. The smallest absolute Gasteiger partial charge is 0.182 e. The number of aromatic nitrogens is 1. The van der Waals surface area contributed by atoms with Crippen molar-refractivity contribution in [3.8, 4) is 0 Å². The van der Waals surface area contributed by atoms with Gasteiger partial charge in [-0.15, -0.1) is 11.3 Å². The van der Waals surface area contributed by atoms with E-state index in [2.05, 4.69) is 29.0 Å². The van der Waals surface area contributed by atoms with Crippen molar-refractivity contribution in [1.29, 1.82) is 0 Å². The summed E-state index contributed by atoms with van der Waals surface area (Å²) < 4.78 is 5.37. The molecule has 0 radical (unpaired) electrons. The number of rotatable bonds is 6. The second-order valence-corrected chi connectivity index (χ2v) is 6.59. The predicted molar refractivity (Wildman–Crippen MR) is 76.0 cm³/mol. The number of ether oxygens (including phenoxy) is 1. The lowest BCUT2D eigenvalue weighted by Gasteiger charge is -2.20. The summed E-state index contributed by atoms with van der Waals surface area (Å²) in [5, 5.41) is 5.17. The van der Waals surface area contributed by atoms with Crippen molar-refractivity contribution >= 4 is 28.2 Å². The molecule has 96 valence electrons. The zero-order valence-electron chi connectivity index (χ0n) is 10.3. The minimum absolute atomic E-state index is 0.776. The number of hydrogen-bond donors (Lipinski definition) is 1. The van der Waals surface area contributed by atoms with Crippen molar-refractivity contribution < 1.29 is 4.74 Å². The van der Waals surface area contributed by atoms with Gasteiger partial charge in [0, 0.05) is 41.8 Å². The summed E-state index contributed by atoms with van der Waals surface area (Å²) in [6.45, 7) is 5.05. The molecule has 1 aliphatic heterocycles. The van der Waals surface area contributed by atoms with Crippen LogP contribution in [0.3, 0.4) is 0 Å². The van der Waals surface area contributed by atoms with Gasteiger partial charge in [0.15, 0.2) is 5.13 Å². The second kappa shape index (κ2) is 7.24. The average Bonchev–Trinajstić information content (AvgIpc) is 2.83. The van der Waals surface area contributed by atoms with Crippen LogP contribution in [-0.4, -0.2) is 30.0 Å². The first-order valence-electron chi connectivity index (χ1n) is 6.26. The van der Waals surface area contributed by atoms with E-state index in [1.165, 1.54) is 17.7 Å². The first-order chi connectivity index (χ1) is 8.38. The zero-order valence-corrected chi connectivity index (χ0v) is 11.9. The summed E-state index contributed by atoms with van der Waals surface area (Å²) >= 11 is 3.84. The number of hydrogen-bond acceptors (Lipinski definition) is 5. The van der Waals surface area contributed by atoms with Gasteiger partial charge in [0.1, 0.15) is 0 Å². The molecule has 1 N–H and O–H groups in total. The van der Waals surface area contributed by atoms with Crippen LogP contribution in [0.2, 0.25) is 0 Å². The molecule has 17 heavy (non-hydrogen) atoms. The van der Waals surface area contributed by atoms with Crippen molar-refractivity contribution in [3.63, 3.8) is 0 Å². The molecule has 0 saturated carbocycles. The normalized spacial score (nSPS) is 17.2. The summed E-state index contributed by atoms with van der Waals surface area (Å²) in [4.78, 5) is 5.76. The van der Waals surface area contributed by atoms with E-state index in [-0.39, 0.29) is 0 Å². The predicted octanol–water partition coefficient (Wildman–Crippen LogP) is 3.38.